The first-order valence-corrected chi connectivity index (χ1v) is 9.33. The second-order valence-electron chi connectivity index (χ2n) is 7.72. The van der Waals surface area contributed by atoms with Crippen molar-refractivity contribution in [3.63, 3.8) is 0 Å². The molecule has 0 unspecified atom stereocenters. The van der Waals surface area contributed by atoms with Crippen LogP contribution in [-0.2, 0) is 20.9 Å². The van der Waals surface area contributed by atoms with Crippen LogP contribution < -0.4 is 0 Å². The van der Waals surface area contributed by atoms with Gasteiger partial charge in [0.15, 0.2) is 0 Å². The van der Waals surface area contributed by atoms with Crippen LogP contribution in [0.4, 0.5) is 13.2 Å². The number of carboxylic acid groups (broad SMARTS) is 1. The predicted octanol–water partition coefficient (Wildman–Crippen LogP) is 2.39. The Kier molecular flexibility index (Phi) is 7.70. The third kappa shape index (κ3) is 6.74. The Morgan fingerprint density at radius 1 is 1.24 bits per heavy atom. The minimum atomic E-state index is -5.08. The molecule has 0 aliphatic carbocycles. The summed E-state index contributed by atoms with van der Waals surface area (Å²) in [6.07, 6.45) is -4.48. The zero-order chi connectivity index (χ0) is 21.8. The van der Waals surface area contributed by atoms with Crippen molar-refractivity contribution in [2.45, 2.75) is 26.1 Å². The molecule has 2 aliphatic heterocycles. The molecule has 29 heavy (non-hydrogen) atoms. The Hall–Kier alpha value is -2.07. The maximum absolute atomic E-state index is 12.0. The smallest absolute Gasteiger partial charge is 0.475 e. The molecule has 1 amide bonds. The van der Waals surface area contributed by atoms with E-state index in [0.717, 1.165) is 37.8 Å². The summed E-state index contributed by atoms with van der Waals surface area (Å²) in [4.78, 5) is 25.0. The summed E-state index contributed by atoms with van der Waals surface area (Å²) in [5.41, 5.74) is 0. The number of furan rings is 1. The second-order valence-corrected chi connectivity index (χ2v) is 7.72. The lowest BCUT2D eigenvalue weighted by atomic mass is 9.81. The van der Waals surface area contributed by atoms with Gasteiger partial charge in [0.2, 0.25) is 5.91 Å². The van der Waals surface area contributed by atoms with Crippen LogP contribution in [0.15, 0.2) is 16.5 Å². The highest BCUT2D eigenvalue weighted by Crippen LogP contribution is 2.36. The van der Waals surface area contributed by atoms with E-state index < -0.39 is 12.1 Å². The van der Waals surface area contributed by atoms with Crippen molar-refractivity contribution < 1.29 is 37.0 Å². The number of fused-ring (bicyclic) bond motifs is 1. The molecule has 2 saturated heterocycles. The topological polar surface area (TPSA) is 83.2 Å². The standard InChI is InChI=1S/C17H26N2O3.C2HF3O2/c1-12-4-5-15(22-12)8-19-7-14-11-21-10-13(16(14)9-19)6-17(20)18(2)3;3-2(4,5)1(6)7/h4-5,13-14,16H,6-11H2,1-3H3;(H,6,7)/t13-,14-,16+;/m1./s1. The molecule has 2 fully saturated rings. The molecule has 0 radical (unpaired) electrons. The molecule has 1 N–H and O–H groups in total. The summed E-state index contributed by atoms with van der Waals surface area (Å²) in [6.45, 7) is 6.45. The quantitative estimate of drug-likeness (QED) is 0.806. The molecule has 0 saturated carbocycles. The fourth-order valence-electron chi connectivity index (χ4n) is 3.73. The van der Waals surface area contributed by atoms with Gasteiger partial charge in [-0.1, -0.05) is 0 Å². The lowest BCUT2D eigenvalue weighted by molar-refractivity contribution is -0.192. The van der Waals surface area contributed by atoms with Gasteiger partial charge >= 0.3 is 12.1 Å². The van der Waals surface area contributed by atoms with Gasteiger partial charge in [0, 0.05) is 33.6 Å². The number of aliphatic carboxylic acids is 1. The third-order valence-corrected chi connectivity index (χ3v) is 5.19. The number of halogens is 3. The van der Waals surface area contributed by atoms with Crippen LogP contribution in [0.5, 0.6) is 0 Å². The first-order chi connectivity index (χ1) is 13.5. The molecule has 3 rings (SSSR count). The fraction of sp³-hybridized carbons (Fsp3) is 0.684. The zero-order valence-electron chi connectivity index (χ0n) is 16.7. The van der Waals surface area contributed by atoms with Gasteiger partial charge in [0.25, 0.3) is 0 Å². The van der Waals surface area contributed by atoms with Crippen molar-refractivity contribution >= 4 is 11.9 Å². The Labute approximate surface area is 167 Å². The average molecular weight is 420 g/mol. The molecule has 3 atom stereocenters. The van der Waals surface area contributed by atoms with Gasteiger partial charge in [0.05, 0.1) is 19.8 Å². The van der Waals surface area contributed by atoms with Gasteiger partial charge in [-0.15, -0.1) is 0 Å². The summed E-state index contributed by atoms with van der Waals surface area (Å²) < 4.78 is 43.2. The zero-order valence-corrected chi connectivity index (χ0v) is 16.7. The molecule has 10 heteroatoms. The van der Waals surface area contributed by atoms with Crippen molar-refractivity contribution in [3.8, 4) is 0 Å². The number of likely N-dealkylation sites (tertiary alicyclic amines) is 1. The largest absolute Gasteiger partial charge is 0.490 e. The van der Waals surface area contributed by atoms with Crippen LogP contribution >= 0.6 is 0 Å². The Bertz CT molecular complexity index is 704. The normalized spacial score (nSPS) is 24.4. The lowest BCUT2D eigenvalue weighted by Gasteiger charge is -2.33. The number of alkyl halides is 3. The molecular formula is C19H27F3N2O5. The summed E-state index contributed by atoms with van der Waals surface area (Å²) in [5, 5.41) is 7.12. The third-order valence-electron chi connectivity index (χ3n) is 5.19. The predicted molar refractivity (Wildman–Crippen MR) is 97.0 cm³/mol. The molecule has 0 spiro atoms. The van der Waals surface area contributed by atoms with Crippen LogP contribution in [0, 0.1) is 24.7 Å². The Morgan fingerprint density at radius 3 is 2.41 bits per heavy atom. The number of nitrogens with zero attached hydrogens (tertiary/aromatic N) is 2. The van der Waals surface area contributed by atoms with Crippen LogP contribution in [0.25, 0.3) is 0 Å². The van der Waals surface area contributed by atoms with E-state index in [1.807, 2.05) is 27.1 Å². The number of hydrogen-bond donors (Lipinski definition) is 1. The summed E-state index contributed by atoms with van der Waals surface area (Å²) in [6, 6.07) is 4.07. The Morgan fingerprint density at radius 2 is 1.90 bits per heavy atom. The van der Waals surface area contributed by atoms with Crippen LogP contribution in [0.3, 0.4) is 0 Å². The molecule has 7 nitrogen and oxygen atoms in total. The first-order valence-electron chi connectivity index (χ1n) is 9.33. The van der Waals surface area contributed by atoms with Gasteiger partial charge in [-0.2, -0.15) is 13.2 Å². The van der Waals surface area contributed by atoms with Gasteiger partial charge in [-0.25, -0.2) is 4.79 Å². The van der Waals surface area contributed by atoms with E-state index in [4.69, 9.17) is 19.1 Å². The van der Waals surface area contributed by atoms with E-state index in [0.29, 0.717) is 30.8 Å². The van der Waals surface area contributed by atoms with Gasteiger partial charge in [0.1, 0.15) is 11.5 Å². The number of ether oxygens (including phenoxy) is 1. The molecule has 2 aliphatic rings. The van der Waals surface area contributed by atoms with E-state index in [-0.39, 0.29) is 5.91 Å². The van der Waals surface area contributed by atoms with Crippen molar-refractivity contribution in [1.82, 2.24) is 9.80 Å². The second kappa shape index (κ2) is 9.62. The minimum absolute atomic E-state index is 0.203. The summed E-state index contributed by atoms with van der Waals surface area (Å²) >= 11 is 0. The molecule has 1 aromatic rings. The van der Waals surface area contributed by atoms with E-state index in [2.05, 4.69) is 11.0 Å². The highest BCUT2D eigenvalue weighted by Gasteiger charge is 2.41. The highest BCUT2D eigenvalue weighted by atomic mass is 19.4. The number of hydrogen-bond acceptors (Lipinski definition) is 5. The number of rotatable bonds is 4. The number of carboxylic acids is 1. The summed E-state index contributed by atoms with van der Waals surface area (Å²) in [5.74, 6) is 0.889. The maximum atomic E-state index is 12.0. The molecule has 164 valence electrons. The van der Waals surface area contributed by atoms with E-state index in [1.165, 1.54) is 0 Å². The van der Waals surface area contributed by atoms with Crippen molar-refractivity contribution in [2.75, 3.05) is 40.4 Å². The van der Waals surface area contributed by atoms with E-state index in [9.17, 15) is 18.0 Å². The monoisotopic (exact) mass is 420 g/mol. The number of amides is 1. The molecule has 0 aromatic carbocycles. The minimum Gasteiger partial charge on any atom is -0.475 e. The van der Waals surface area contributed by atoms with Crippen LogP contribution in [0.2, 0.25) is 0 Å². The van der Waals surface area contributed by atoms with E-state index in [1.54, 1.807) is 4.90 Å². The fourth-order valence-corrected chi connectivity index (χ4v) is 3.73. The van der Waals surface area contributed by atoms with Gasteiger partial charge < -0.3 is 19.2 Å². The average Bonchev–Trinajstić information content (AvgIpc) is 3.20. The number of carbonyl (C=O) groups is 2. The number of carbonyl (C=O) groups excluding carboxylic acids is 1. The first kappa shape index (κ1) is 23.2. The molecular weight excluding hydrogens is 393 g/mol. The Balaban J connectivity index is 0.000000370. The van der Waals surface area contributed by atoms with Gasteiger partial charge in [-0.05, 0) is 36.8 Å². The van der Waals surface area contributed by atoms with Crippen molar-refractivity contribution in [2.24, 2.45) is 17.8 Å². The molecule has 0 bridgehead atoms. The van der Waals surface area contributed by atoms with Crippen molar-refractivity contribution in [1.29, 1.82) is 0 Å². The molecule has 1 aromatic heterocycles. The van der Waals surface area contributed by atoms with Crippen molar-refractivity contribution in [3.05, 3.63) is 23.7 Å². The lowest BCUT2D eigenvalue weighted by Crippen LogP contribution is -2.38. The van der Waals surface area contributed by atoms with Gasteiger partial charge in [-0.3, -0.25) is 9.69 Å². The summed E-state index contributed by atoms with van der Waals surface area (Å²) in [7, 11) is 3.65. The van der Waals surface area contributed by atoms with Crippen LogP contribution in [-0.4, -0.2) is 73.4 Å². The SMILES string of the molecule is Cc1ccc(CN2C[C@@H]3COC[C@@H](CC(=O)N(C)C)[C@@H]3C2)o1.O=C(O)C(F)(F)F. The maximum Gasteiger partial charge on any atom is 0.490 e. The van der Waals surface area contributed by atoms with Crippen LogP contribution in [0.1, 0.15) is 17.9 Å². The number of aryl methyl sites for hydroxylation is 1. The molecule has 3 heterocycles. The highest BCUT2D eigenvalue weighted by molar-refractivity contribution is 5.75. The van der Waals surface area contributed by atoms with E-state index >= 15 is 0 Å².